The van der Waals surface area contributed by atoms with Crippen molar-refractivity contribution in [3.05, 3.63) is 58.7 Å². The van der Waals surface area contributed by atoms with Gasteiger partial charge < -0.3 is 10.4 Å². The van der Waals surface area contributed by atoms with Crippen LogP contribution in [0.2, 0.25) is 0 Å². The number of imide groups is 1. The monoisotopic (exact) mass is 464 g/mol. The summed E-state index contributed by atoms with van der Waals surface area (Å²) in [6, 6.07) is 11.2. The van der Waals surface area contributed by atoms with E-state index in [9.17, 15) is 19.5 Å². The van der Waals surface area contributed by atoms with Crippen LogP contribution >= 0.6 is 0 Å². The predicted octanol–water partition coefficient (Wildman–Crippen LogP) is 5.21. The Hall–Kier alpha value is -3.15. The Bertz CT molecular complexity index is 1040. The van der Waals surface area contributed by atoms with E-state index in [0.29, 0.717) is 24.3 Å². The molecule has 3 rings (SSSR count). The Morgan fingerprint density at radius 3 is 1.85 bits per heavy atom. The smallest absolute Gasteiger partial charge is 0.229 e. The third-order valence-electron chi connectivity index (χ3n) is 6.16. The lowest BCUT2D eigenvalue weighted by Crippen LogP contribution is -2.28. The number of anilines is 1. The topological polar surface area (TPSA) is 86.7 Å². The summed E-state index contributed by atoms with van der Waals surface area (Å²) in [7, 11) is 0. The van der Waals surface area contributed by atoms with E-state index >= 15 is 0 Å². The van der Waals surface area contributed by atoms with Gasteiger partial charge in [-0.05, 0) is 51.6 Å². The fraction of sp³-hybridized carbons (Fsp3) is 0.464. The second-order valence-electron chi connectivity index (χ2n) is 11.2. The lowest BCUT2D eigenvalue weighted by atomic mass is 9.78. The zero-order valence-corrected chi connectivity index (χ0v) is 21.1. The van der Waals surface area contributed by atoms with Gasteiger partial charge in [0, 0.05) is 24.9 Å². The van der Waals surface area contributed by atoms with Gasteiger partial charge in [-0.15, -0.1) is 0 Å². The number of carbonyl (C=O) groups is 3. The van der Waals surface area contributed by atoms with Gasteiger partial charge in [0.1, 0.15) is 5.75 Å². The maximum absolute atomic E-state index is 12.6. The highest BCUT2D eigenvalue weighted by atomic mass is 16.3. The minimum absolute atomic E-state index is 0.0969. The first-order valence-corrected chi connectivity index (χ1v) is 11.8. The zero-order chi connectivity index (χ0) is 25.3. The van der Waals surface area contributed by atoms with E-state index in [-0.39, 0.29) is 47.9 Å². The van der Waals surface area contributed by atoms with Crippen molar-refractivity contribution < 1.29 is 19.5 Å². The highest BCUT2D eigenvalue weighted by Gasteiger charge is 2.29. The summed E-state index contributed by atoms with van der Waals surface area (Å²) < 4.78 is 0. The molecule has 182 valence electrons. The molecule has 1 fully saturated rings. The first-order chi connectivity index (χ1) is 15.8. The molecule has 2 aromatic carbocycles. The van der Waals surface area contributed by atoms with Gasteiger partial charge in [-0.2, -0.15) is 0 Å². The van der Waals surface area contributed by atoms with Gasteiger partial charge >= 0.3 is 0 Å². The van der Waals surface area contributed by atoms with Crippen molar-refractivity contribution in [1.29, 1.82) is 0 Å². The van der Waals surface area contributed by atoms with E-state index in [1.165, 1.54) is 4.90 Å². The van der Waals surface area contributed by atoms with Crippen LogP contribution in [-0.2, 0) is 38.2 Å². The summed E-state index contributed by atoms with van der Waals surface area (Å²) >= 11 is 0. The van der Waals surface area contributed by atoms with Crippen molar-refractivity contribution >= 4 is 23.4 Å². The normalized spacial score (nSPS) is 14.6. The van der Waals surface area contributed by atoms with E-state index in [4.69, 9.17) is 0 Å². The summed E-state index contributed by atoms with van der Waals surface area (Å²) in [5, 5.41) is 13.8. The van der Waals surface area contributed by atoms with Crippen LogP contribution in [0.15, 0.2) is 36.4 Å². The first kappa shape index (κ1) is 25.5. The highest BCUT2D eigenvalue weighted by molar-refractivity contribution is 6.01. The molecule has 0 atom stereocenters. The minimum Gasteiger partial charge on any atom is -0.507 e. The van der Waals surface area contributed by atoms with Gasteiger partial charge in [0.15, 0.2) is 0 Å². The Labute approximate surface area is 202 Å². The molecule has 0 saturated carbocycles. The maximum Gasteiger partial charge on any atom is 0.229 e. The number of benzene rings is 2. The number of aromatic hydroxyl groups is 1. The highest BCUT2D eigenvalue weighted by Crippen LogP contribution is 2.40. The second-order valence-corrected chi connectivity index (χ2v) is 11.2. The molecule has 1 heterocycles. The van der Waals surface area contributed by atoms with E-state index in [0.717, 1.165) is 22.3 Å². The van der Waals surface area contributed by atoms with Gasteiger partial charge in [0.05, 0.1) is 6.54 Å². The molecule has 1 aliphatic heterocycles. The predicted molar refractivity (Wildman–Crippen MR) is 134 cm³/mol. The summed E-state index contributed by atoms with van der Waals surface area (Å²) in [4.78, 5) is 37.5. The van der Waals surface area contributed by atoms with Crippen molar-refractivity contribution in [1.82, 2.24) is 4.90 Å². The summed E-state index contributed by atoms with van der Waals surface area (Å²) in [6.07, 6.45) is 1.44. The molecule has 3 amide bonds. The summed E-state index contributed by atoms with van der Waals surface area (Å²) in [6.45, 7) is 12.7. The molecule has 0 aliphatic carbocycles. The minimum atomic E-state index is -0.214. The number of nitrogens with zero attached hydrogens (tertiary/aromatic N) is 1. The van der Waals surface area contributed by atoms with E-state index in [2.05, 4.69) is 46.9 Å². The number of aryl methyl sites for hydroxylation is 1. The van der Waals surface area contributed by atoms with Gasteiger partial charge in [0.2, 0.25) is 17.7 Å². The molecule has 6 heteroatoms. The van der Waals surface area contributed by atoms with Crippen molar-refractivity contribution in [2.75, 3.05) is 5.32 Å². The molecule has 0 aromatic heterocycles. The van der Waals surface area contributed by atoms with Crippen molar-refractivity contribution in [2.45, 2.75) is 84.6 Å². The quantitative estimate of drug-likeness (QED) is 0.575. The fourth-order valence-corrected chi connectivity index (χ4v) is 4.14. The van der Waals surface area contributed by atoms with Crippen LogP contribution in [-0.4, -0.2) is 27.7 Å². The Kier molecular flexibility index (Phi) is 7.20. The second kappa shape index (κ2) is 9.61. The standard InChI is InChI=1S/C28H36N2O4/c1-27(2,3)21-15-19(16-22(26(21)34)28(4,5)6)9-12-23(31)29-20-10-7-18(8-11-20)17-30-24(32)13-14-25(30)33/h7-8,10-11,15-16,34H,9,12-14,17H2,1-6H3,(H,29,31). The Morgan fingerprint density at radius 1 is 0.882 bits per heavy atom. The number of carbonyl (C=O) groups excluding carboxylic acids is 3. The first-order valence-electron chi connectivity index (χ1n) is 11.8. The lowest BCUT2D eigenvalue weighted by molar-refractivity contribution is -0.139. The third-order valence-corrected chi connectivity index (χ3v) is 6.16. The van der Waals surface area contributed by atoms with Crippen LogP contribution in [0.5, 0.6) is 5.75 Å². The van der Waals surface area contributed by atoms with Gasteiger partial charge in [-0.3, -0.25) is 19.3 Å². The van der Waals surface area contributed by atoms with Crippen LogP contribution in [0.25, 0.3) is 0 Å². The van der Waals surface area contributed by atoms with E-state index < -0.39 is 0 Å². The Morgan fingerprint density at radius 2 is 1.38 bits per heavy atom. The number of likely N-dealkylation sites (tertiary alicyclic amines) is 1. The van der Waals surface area contributed by atoms with Crippen LogP contribution in [0.3, 0.4) is 0 Å². The average Bonchev–Trinajstić information content (AvgIpc) is 3.04. The van der Waals surface area contributed by atoms with Crippen molar-refractivity contribution in [3.63, 3.8) is 0 Å². The zero-order valence-electron chi connectivity index (χ0n) is 21.1. The number of hydrogen-bond acceptors (Lipinski definition) is 4. The molecule has 0 radical (unpaired) electrons. The molecule has 34 heavy (non-hydrogen) atoms. The average molecular weight is 465 g/mol. The molecule has 6 nitrogen and oxygen atoms in total. The molecule has 0 spiro atoms. The molecule has 2 N–H and O–H groups in total. The maximum atomic E-state index is 12.6. The van der Waals surface area contributed by atoms with Crippen LogP contribution in [0.4, 0.5) is 5.69 Å². The number of phenols is 1. The van der Waals surface area contributed by atoms with Crippen LogP contribution in [0, 0.1) is 0 Å². The molecule has 1 saturated heterocycles. The summed E-state index contributed by atoms with van der Waals surface area (Å²) in [5.74, 6) is -0.0346. The molecule has 2 aromatic rings. The molecule has 0 unspecified atom stereocenters. The fourth-order valence-electron chi connectivity index (χ4n) is 4.14. The van der Waals surface area contributed by atoms with Crippen LogP contribution in [0.1, 0.15) is 83.1 Å². The number of phenolic OH excluding ortho intramolecular Hbond substituents is 1. The number of rotatable bonds is 6. The van der Waals surface area contributed by atoms with Gasteiger partial charge in [0.25, 0.3) is 0 Å². The number of hydrogen-bond donors (Lipinski definition) is 2. The largest absolute Gasteiger partial charge is 0.507 e. The van der Waals surface area contributed by atoms with E-state index in [1.54, 1.807) is 12.1 Å². The van der Waals surface area contributed by atoms with Crippen LogP contribution < -0.4 is 5.32 Å². The molecular weight excluding hydrogens is 428 g/mol. The Balaban J connectivity index is 1.65. The van der Waals surface area contributed by atoms with Gasteiger partial charge in [-0.25, -0.2) is 0 Å². The van der Waals surface area contributed by atoms with Crippen molar-refractivity contribution in [2.24, 2.45) is 0 Å². The SMILES string of the molecule is CC(C)(C)c1cc(CCC(=O)Nc2ccc(CN3C(=O)CCC3=O)cc2)cc(C(C)(C)C)c1O. The lowest BCUT2D eigenvalue weighted by Gasteiger charge is -2.28. The number of amides is 3. The molecule has 1 aliphatic rings. The van der Waals surface area contributed by atoms with Crippen molar-refractivity contribution in [3.8, 4) is 5.75 Å². The third kappa shape index (κ3) is 6.04. The molecule has 0 bridgehead atoms. The summed E-state index contributed by atoms with van der Waals surface area (Å²) in [5.41, 5.74) is 3.89. The van der Waals surface area contributed by atoms with Gasteiger partial charge in [-0.1, -0.05) is 65.8 Å². The molecular formula is C28H36N2O4. The number of nitrogens with one attached hydrogen (secondary N) is 1. The van der Waals surface area contributed by atoms with E-state index in [1.807, 2.05) is 24.3 Å².